The van der Waals surface area contributed by atoms with Crippen LogP contribution in [0.3, 0.4) is 0 Å². The fourth-order valence-electron chi connectivity index (χ4n) is 4.43. The lowest BCUT2D eigenvalue weighted by Gasteiger charge is -2.25. The molecule has 4 aromatic rings. The number of esters is 2. The van der Waals surface area contributed by atoms with Crippen molar-refractivity contribution in [2.75, 3.05) is 19.5 Å². The van der Waals surface area contributed by atoms with Gasteiger partial charge >= 0.3 is 17.7 Å². The molecule has 1 unspecified atom stereocenters. The monoisotopic (exact) mass is 551 g/mol. The molecule has 1 aromatic heterocycles. The van der Waals surface area contributed by atoms with Crippen molar-refractivity contribution in [3.05, 3.63) is 112 Å². The maximum absolute atomic E-state index is 13.1. The number of hydrogen-bond donors (Lipinski definition) is 2. The summed E-state index contributed by atoms with van der Waals surface area (Å²) in [6, 6.07) is 20.4. The average molecular weight is 552 g/mol. The van der Waals surface area contributed by atoms with Gasteiger partial charge in [0.2, 0.25) is 11.3 Å². The summed E-state index contributed by atoms with van der Waals surface area (Å²) >= 11 is 0. The Hall–Kier alpha value is -6.03. The van der Waals surface area contributed by atoms with E-state index in [4.69, 9.17) is 15.8 Å². The molecular weight excluding hydrogens is 530 g/mol. The molecule has 204 valence electrons. The fraction of sp³-hybridized carbons (Fsp3) is 0.107. The van der Waals surface area contributed by atoms with E-state index in [1.807, 2.05) is 30.3 Å². The van der Waals surface area contributed by atoms with Gasteiger partial charge in [0, 0.05) is 50.1 Å². The number of aromatic nitrogens is 1. The van der Waals surface area contributed by atoms with Crippen LogP contribution in [0.5, 0.6) is 0 Å². The Morgan fingerprint density at radius 3 is 2.27 bits per heavy atom. The van der Waals surface area contributed by atoms with Crippen molar-refractivity contribution in [1.82, 2.24) is 4.98 Å². The molecule has 0 amide bonds. The van der Waals surface area contributed by atoms with E-state index >= 15 is 0 Å². The van der Waals surface area contributed by atoms with Gasteiger partial charge in [-0.25, -0.2) is 9.59 Å². The minimum absolute atomic E-state index is 0.0232. The van der Waals surface area contributed by atoms with Gasteiger partial charge < -0.3 is 25.3 Å². The molecule has 0 saturated heterocycles. The molecule has 0 spiro atoms. The minimum Gasteiger partial charge on any atom is -0.467 e. The van der Waals surface area contributed by atoms with Gasteiger partial charge in [-0.3, -0.25) is 9.59 Å². The summed E-state index contributed by atoms with van der Waals surface area (Å²) in [7, 11) is 2.33. The number of carbonyl (C=O) groups excluding carboxylic acids is 4. The van der Waals surface area contributed by atoms with E-state index < -0.39 is 29.0 Å². The number of ether oxygens (including phenoxy) is 2. The summed E-state index contributed by atoms with van der Waals surface area (Å²) in [6.45, 7) is 0. The normalized spacial score (nSPS) is 14.7. The molecule has 0 radical (unpaired) electrons. The number of rotatable bonds is 6. The van der Waals surface area contributed by atoms with E-state index in [-0.39, 0.29) is 17.0 Å². The molecule has 13 heteroatoms. The number of aromatic amines is 1. The van der Waals surface area contributed by atoms with Crippen molar-refractivity contribution in [3.63, 3.8) is 0 Å². The first-order chi connectivity index (χ1) is 19.8. The van der Waals surface area contributed by atoms with Crippen LogP contribution in [-0.2, 0) is 24.6 Å². The van der Waals surface area contributed by atoms with E-state index in [0.717, 1.165) is 18.0 Å². The van der Waals surface area contributed by atoms with Crippen LogP contribution in [0.15, 0.2) is 84.1 Å². The Labute approximate surface area is 231 Å². The molecular formula is C28H21N7O6. The zero-order valence-electron chi connectivity index (χ0n) is 21.7. The number of ketones is 2. The Bertz CT molecular complexity index is 1800. The average Bonchev–Trinajstić information content (AvgIpc) is 3.57. The molecule has 1 atom stereocenters. The lowest BCUT2D eigenvalue weighted by atomic mass is 9.85. The summed E-state index contributed by atoms with van der Waals surface area (Å²) < 4.78 is 9.27. The van der Waals surface area contributed by atoms with Gasteiger partial charge in [0.15, 0.2) is 0 Å². The van der Waals surface area contributed by atoms with Crippen LogP contribution in [0.25, 0.3) is 26.9 Å². The molecule has 2 heterocycles. The smallest absolute Gasteiger partial charge is 0.446 e. The van der Waals surface area contributed by atoms with Crippen LogP contribution < -0.4 is 5.32 Å². The van der Waals surface area contributed by atoms with Crippen LogP contribution in [-0.4, -0.2) is 53.2 Å². The molecule has 41 heavy (non-hydrogen) atoms. The predicted octanol–water partition coefficient (Wildman–Crippen LogP) is 4.50. The molecule has 1 aliphatic heterocycles. The van der Waals surface area contributed by atoms with Gasteiger partial charge in [0.1, 0.15) is 0 Å². The number of hydrogen-bond acceptors (Lipinski definition) is 8. The van der Waals surface area contributed by atoms with E-state index in [1.165, 1.54) is 25.3 Å². The largest absolute Gasteiger partial charge is 0.467 e. The third-order valence-electron chi connectivity index (χ3n) is 6.31. The molecule has 0 aliphatic carbocycles. The van der Waals surface area contributed by atoms with Gasteiger partial charge in [-0.2, -0.15) is 4.79 Å². The highest BCUT2D eigenvalue weighted by molar-refractivity contribution is 6.66. The minimum atomic E-state index is -1.56. The van der Waals surface area contributed by atoms with Crippen molar-refractivity contribution in [3.8, 4) is 0 Å². The number of methoxy groups -OCH3 is 2. The van der Waals surface area contributed by atoms with Crippen LogP contribution in [0.1, 0.15) is 26.3 Å². The maximum Gasteiger partial charge on any atom is 0.446 e. The topological polar surface area (TPSA) is 200 Å². The summed E-state index contributed by atoms with van der Waals surface area (Å²) in [6.07, 6.45) is 1.69. The zero-order chi connectivity index (χ0) is 29.6. The molecule has 2 N–H and O–H groups in total. The van der Waals surface area contributed by atoms with Gasteiger partial charge in [0.05, 0.1) is 14.2 Å². The van der Waals surface area contributed by atoms with Gasteiger partial charge in [-0.15, -0.1) is 0 Å². The summed E-state index contributed by atoms with van der Waals surface area (Å²) in [5, 5.41) is 7.21. The summed E-state index contributed by atoms with van der Waals surface area (Å²) in [4.78, 5) is 57.1. The number of azide groups is 1. The number of benzene rings is 3. The molecule has 5 rings (SSSR count). The van der Waals surface area contributed by atoms with Crippen molar-refractivity contribution in [2.24, 2.45) is 5.11 Å². The van der Waals surface area contributed by atoms with E-state index in [1.54, 1.807) is 30.5 Å². The number of nitrogens with one attached hydrogen (secondary N) is 2. The Morgan fingerprint density at radius 1 is 0.902 bits per heavy atom. The number of nitrogens with zero attached hydrogens (tertiary/aromatic N) is 5. The van der Waals surface area contributed by atoms with Crippen molar-refractivity contribution in [2.45, 2.75) is 5.54 Å². The van der Waals surface area contributed by atoms with Crippen molar-refractivity contribution in [1.29, 1.82) is 0 Å². The quantitative estimate of drug-likeness (QED) is 0.0668. The summed E-state index contributed by atoms with van der Waals surface area (Å²) in [5.74, 6) is -2.90. The van der Waals surface area contributed by atoms with Crippen molar-refractivity contribution < 1.29 is 33.4 Å². The molecule has 1 aliphatic rings. The molecule has 0 saturated carbocycles. The van der Waals surface area contributed by atoms with Crippen LogP contribution in [0.4, 0.5) is 11.4 Å². The van der Waals surface area contributed by atoms with E-state index in [0.29, 0.717) is 16.8 Å². The molecule has 0 bridgehead atoms. The molecule has 0 fully saturated rings. The first-order valence-electron chi connectivity index (χ1n) is 11.9. The van der Waals surface area contributed by atoms with Crippen molar-refractivity contribution >= 4 is 51.5 Å². The second-order valence-corrected chi connectivity index (χ2v) is 8.47. The third-order valence-corrected chi connectivity index (χ3v) is 6.31. The number of para-hydroxylation sites is 2. The number of anilines is 1. The third kappa shape index (κ3) is 4.92. The Kier molecular flexibility index (Phi) is 8.05. The van der Waals surface area contributed by atoms with Crippen LogP contribution >= 0.6 is 0 Å². The molecule has 13 nitrogen and oxygen atoms in total. The highest BCUT2D eigenvalue weighted by Crippen LogP contribution is 2.42. The van der Waals surface area contributed by atoms with E-state index in [9.17, 15) is 19.2 Å². The van der Waals surface area contributed by atoms with Crippen LogP contribution in [0.2, 0.25) is 0 Å². The number of fused-ring (bicyclic) bond motifs is 2. The second-order valence-electron chi connectivity index (χ2n) is 8.47. The fourth-order valence-corrected chi connectivity index (χ4v) is 4.43. The predicted molar refractivity (Wildman–Crippen MR) is 147 cm³/mol. The van der Waals surface area contributed by atoms with Gasteiger partial charge in [0.25, 0.3) is 5.78 Å². The van der Waals surface area contributed by atoms with Gasteiger partial charge in [-0.05, 0) is 23.7 Å². The first-order valence-corrected chi connectivity index (χ1v) is 11.9. The van der Waals surface area contributed by atoms with Crippen LogP contribution in [0, 0.1) is 0 Å². The Balaban J connectivity index is 0.000000196. The lowest BCUT2D eigenvalue weighted by Crippen LogP contribution is -2.47. The number of carbonyl (C=O) groups is 4. The van der Waals surface area contributed by atoms with Gasteiger partial charge in [-0.1, -0.05) is 59.7 Å². The SMILES string of the molecule is COC(=O)C(=[N+]=[N-])C(=O)c1ccccc1N=[N+]=[N-].COC(=O)C1(c2c[nH]c3ccccc23)Nc2ccccc2C1=O. The van der Waals surface area contributed by atoms with E-state index in [2.05, 4.69) is 29.9 Å². The highest BCUT2D eigenvalue weighted by Gasteiger charge is 2.55. The number of H-pyrrole nitrogens is 1. The highest BCUT2D eigenvalue weighted by atomic mass is 16.5. The maximum atomic E-state index is 13.1. The standard InChI is InChI=1S/C18H14N2O3.C10H7N5O3/c1-23-17(22)18(13-10-19-14-8-4-2-6-11(13)14)16(21)12-7-3-5-9-15(12)20-18;1-18-10(17)8(13-11)9(16)6-4-2-3-5-7(6)14-15-12/h2-10,19-20H,1H3;2-5H,1H3. The molecule has 3 aromatic carbocycles. The summed E-state index contributed by atoms with van der Waals surface area (Å²) in [5.41, 5.74) is 17.2. The zero-order valence-corrected chi connectivity index (χ0v) is 21.7. The second kappa shape index (κ2) is 11.8. The lowest BCUT2D eigenvalue weighted by molar-refractivity contribution is -0.144. The first kappa shape index (κ1) is 28.0. The Morgan fingerprint density at radius 2 is 1.59 bits per heavy atom. The number of Topliss-reactive ketones (excluding diaryl/α,β-unsaturated/α-hetero) is 2.